The average Bonchev–Trinajstić information content (AvgIpc) is 3.02. The number of nitrogens with zero attached hydrogens (tertiary/aromatic N) is 1. The molecule has 0 bridgehead atoms. The summed E-state index contributed by atoms with van der Waals surface area (Å²) in [4.78, 5) is 16.3. The summed E-state index contributed by atoms with van der Waals surface area (Å²) in [6.07, 6.45) is 12.2. The number of amides is 1. The number of carbonyl (C=O) groups excluding carboxylic acids is 1. The van der Waals surface area contributed by atoms with E-state index in [4.69, 9.17) is 4.74 Å². The molecule has 1 heterocycles. The van der Waals surface area contributed by atoms with E-state index in [0.717, 1.165) is 19.4 Å². The second-order valence-electron chi connectivity index (χ2n) is 11.3. The molecule has 1 aliphatic rings. The molecule has 1 aromatic carbocycles. The summed E-state index contributed by atoms with van der Waals surface area (Å²) >= 11 is -2.99. The van der Waals surface area contributed by atoms with Crippen LogP contribution < -0.4 is 0 Å². The summed E-state index contributed by atoms with van der Waals surface area (Å²) in [6.45, 7) is 13.9. The molecule has 33 heavy (non-hydrogen) atoms. The number of rotatable bonds is 11. The molecule has 0 aliphatic carbocycles. The van der Waals surface area contributed by atoms with E-state index in [0.29, 0.717) is 0 Å². The third-order valence-electron chi connectivity index (χ3n) is 7.65. The van der Waals surface area contributed by atoms with E-state index in [9.17, 15) is 4.79 Å². The molecule has 1 aromatic rings. The van der Waals surface area contributed by atoms with E-state index in [1.807, 2.05) is 20.8 Å². The molecular formula is C29H51NO2Sn. The first kappa shape index (κ1) is 28.5. The number of hydrogen-bond acceptors (Lipinski definition) is 2. The Hall–Kier alpha value is -0.711. The summed E-state index contributed by atoms with van der Waals surface area (Å²) in [5, 5.41) is 0. The molecule has 0 spiro atoms. The van der Waals surface area contributed by atoms with Crippen molar-refractivity contribution in [2.45, 2.75) is 128 Å². The number of benzene rings is 1. The van der Waals surface area contributed by atoms with Gasteiger partial charge in [0.2, 0.25) is 0 Å². The number of hydrogen-bond donors (Lipinski definition) is 0. The molecule has 1 unspecified atom stereocenters. The quantitative estimate of drug-likeness (QED) is 0.251. The summed E-state index contributed by atoms with van der Waals surface area (Å²) in [7, 11) is 0. The SMILES string of the molecule is CCC[CH2][Sn]([CH2]CCC)([CH2]CCC)[C]1(c2ccccc2)CCCCCN1C(=O)OC(C)(C)C. The number of carbonyl (C=O) groups is 1. The molecule has 0 saturated carbocycles. The van der Waals surface area contributed by atoms with Crippen LogP contribution in [-0.2, 0) is 8.29 Å². The fourth-order valence-electron chi connectivity index (χ4n) is 6.13. The first-order valence-electron chi connectivity index (χ1n) is 13.8. The van der Waals surface area contributed by atoms with Crippen molar-refractivity contribution in [3.05, 3.63) is 35.9 Å². The van der Waals surface area contributed by atoms with Crippen molar-refractivity contribution in [1.29, 1.82) is 0 Å². The van der Waals surface area contributed by atoms with Gasteiger partial charge in [-0.05, 0) is 0 Å². The minimum absolute atomic E-state index is 0.0705. The molecule has 0 radical (unpaired) electrons. The van der Waals surface area contributed by atoms with Gasteiger partial charge in [0, 0.05) is 0 Å². The van der Waals surface area contributed by atoms with Gasteiger partial charge in [0.1, 0.15) is 0 Å². The Kier molecular flexibility index (Phi) is 11.6. The molecule has 3 nitrogen and oxygen atoms in total. The van der Waals surface area contributed by atoms with Gasteiger partial charge in [-0.25, -0.2) is 0 Å². The average molecular weight is 564 g/mol. The first-order chi connectivity index (χ1) is 15.8. The van der Waals surface area contributed by atoms with Gasteiger partial charge in [-0.3, -0.25) is 0 Å². The molecule has 1 fully saturated rings. The molecule has 4 heteroatoms. The Bertz CT molecular complexity index is 678. The third kappa shape index (κ3) is 7.15. The summed E-state index contributed by atoms with van der Waals surface area (Å²) in [5.74, 6) is 0. The predicted molar refractivity (Wildman–Crippen MR) is 144 cm³/mol. The van der Waals surface area contributed by atoms with Crippen molar-refractivity contribution in [2.75, 3.05) is 6.54 Å². The van der Waals surface area contributed by atoms with E-state index < -0.39 is 24.0 Å². The number of likely N-dealkylation sites (tertiary alicyclic amines) is 1. The summed E-state index contributed by atoms with van der Waals surface area (Å²) in [6, 6.07) is 11.2. The topological polar surface area (TPSA) is 29.5 Å². The van der Waals surface area contributed by atoms with Crippen molar-refractivity contribution in [3.8, 4) is 0 Å². The molecule has 1 saturated heterocycles. The van der Waals surface area contributed by atoms with Crippen LogP contribution in [0, 0.1) is 0 Å². The molecule has 1 atom stereocenters. The molecule has 1 aliphatic heterocycles. The maximum absolute atomic E-state index is 14.0. The van der Waals surface area contributed by atoms with Gasteiger partial charge < -0.3 is 0 Å². The predicted octanol–water partition coefficient (Wildman–Crippen LogP) is 9.08. The molecule has 2 rings (SSSR count). The zero-order valence-electron chi connectivity index (χ0n) is 22.5. The van der Waals surface area contributed by atoms with Crippen molar-refractivity contribution >= 4 is 24.5 Å². The van der Waals surface area contributed by atoms with Gasteiger partial charge in [-0.2, -0.15) is 0 Å². The van der Waals surface area contributed by atoms with Crippen LogP contribution in [0.3, 0.4) is 0 Å². The van der Waals surface area contributed by atoms with Crippen LogP contribution >= 0.6 is 0 Å². The van der Waals surface area contributed by atoms with E-state index in [2.05, 4.69) is 56.0 Å². The normalized spacial score (nSPS) is 19.9. The molecule has 0 N–H and O–H groups in total. The number of ether oxygens (including phenoxy) is 1. The maximum atomic E-state index is 14.0. The van der Waals surface area contributed by atoms with E-state index in [1.54, 1.807) is 0 Å². The standard InChI is InChI=1S/C17H24NO2.3C4H9.Sn/c1-17(2,3)20-16(19)18-13-9-5-8-12-15(18)14-10-6-4-7-11-14;3*1-3-4-2;/h4,6-7,10-11H,5,8-9,12-13H2,1-3H3;3*1,3-4H2,2H3;. The fourth-order valence-corrected chi connectivity index (χ4v) is 27.1. The molecule has 1 amide bonds. The van der Waals surface area contributed by atoms with Crippen LogP contribution in [0.2, 0.25) is 13.3 Å². The Morgan fingerprint density at radius 2 is 1.45 bits per heavy atom. The van der Waals surface area contributed by atoms with E-state index >= 15 is 0 Å². The number of unbranched alkanes of at least 4 members (excludes halogenated alkanes) is 3. The van der Waals surface area contributed by atoms with Crippen molar-refractivity contribution in [2.24, 2.45) is 0 Å². The van der Waals surface area contributed by atoms with Crippen molar-refractivity contribution in [3.63, 3.8) is 0 Å². The van der Waals surface area contributed by atoms with Crippen LogP contribution in [0.5, 0.6) is 0 Å². The summed E-state index contributed by atoms with van der Waals surface area (Å²) < 4.78 is 10.2. The summed E-state index contributed by atoms with van der Waals surface area (Å²) in [5.41, 5.74) is 0.942. The first-order valence-corrected chi connectivity index (χ1v) is 21.3. The van der Waals surface area contributed by atoms with E-state index in [-0.39, 0.29) is 9.65 Å². The van der Waals surface area contributed by atoms with Gasteiger partial charge in [0.25, 0.3) is 0 Å². The van der Waals surface area contributed by atoms with Gasteiger partial charge >= 0.3 is 210 Å². The molecule has 188 valence electrons. The van der Waals surface area contributed by atoms with Gasteiger partial charge in [0.15, 0.2) is 0 Å². The van der Waals surface area contributed by atoms with Crippen molar-refractivity contribution in [1.82, 2.24) is 4.90 Å². The Morgan fingerprint density at radius 1 is 0.909 bits per heavy atom. The van der Waals surface area contributed by atoms with Crippen LogP contribution in [0.4, 0.5) is 4.79 Å². The zero-order chi connectivity index (χ0) is 24.4. The van der Waals surface area contributed by atoms with Crippen LogP contribution in [0.25, 0.3) is 0 Å². The van der Waals surface area contributed by atoms with Crippen LogP contribution in [0.1, 0.15) is 111 Å². The minimum atomic E-state index is -2.99. The second-order valence-corrected chi connectivity index (χ2v) is 25.2. The molecule has 0 aromatic heterocycles. The van der Waals surface area contributed by atoms with Crippen molar-refractivity contribution < 1.29 is 9.53 Å². The Labute approximate surface area is 208 Å². The Morgan fingerprint density at radius 3 is 1.94 bits per heavy atom. The molecular weight excluding hydrogens is 513 g/mol. The van der Waals surface area contributed by atoms with Gasteiger partial charge in [-0.1, -0.05) is 0 Å². The second kappa shape index (κ2) is 13.4. The fraction of sp³-hybridized carbons (Fsp3) is 0.759. The van der Waals surface area contributed by atoms with Gasteiger partial charge in [0.05, 0.1) is 0 Å². The zero-order valence-corrected chi connectivity index (χ0v) is 25.4. The van der Waals surface area contributed by atoms with E-state index in [1.165, 1.54) is 70.2 Å². The monoisotopic (exact) mass is 565 g/mol. The van der Waals surface area contributed by atoms with Crippen LogP contribution in [-0.4, -0.2) is 41.5 Å². The van der Waals surface area contributed by atoms with Crippen LogP contribution in [0.15, 0.2) is 30.3 Å². The van der Waals surface area contributed by atoms with Gasteiger partial charge in [-0.15, -0.1) is 0 Å². The third-order valence-corrected chi connectivity index (χ3v) is 26.2. The Balaban J connectivity index is 2.79.